The molecule has 1 N–H and O–H groups in total. The quantitative estimate of drug-likeness (QED) is 0.851. The molecule has 21 heavy (non-hydrogen) atoms. The minimum atomic E-state index is 0.659. The van der Waals surface area contributed by atoms with Gasteiger partial charge in [-0.25, -0.2) is 0 Å². The summed E-state index contributed by atoms with van der Waals surface area (Å²) in [5, 5.41) is 3.72. The molecule has 2 rings (SSSR count). The highest BCUT2D eigenvalue weighted by molar-refractivity contribution is 5.25. The van der Waals surface area contributed by atoms with Gasteiger partial charge in [0.2, 0.25) is 0 Å². The summed E-state index contributed by atoms with van der Waals surface area (Å²) in [6, 6.07) is 10.1. The van der Waals surface area contributed by atoms with Crippen LogP contribution in [0.3, 0.4) is 0 Å². The van der Waals surface area contributed by atoms with Crippen LogP contribution in [0.15, 0.2) is 24.3 Å². The molecule has 1 aromatic rings. The smallest absolute Gasteiger partial charge is 0.0252 e. The summed E-state index contributed by atoms with van der Waals surface area (Å²) in [6.07, 6.45) is 5.39. The van der Waals surface area contributed by atoms with Gasteiger partial charge in [-0.3, -0.25) is 4.90 Å². The first-order valence-electron chi connectivity index (χ1n) is 8.63. The van der Waals surface area contributed by atoms with Gasteiger partial charge in [-0.1, -0.05) is 44.5 Å². The molecule has 0 amide bonds. The summed E-state index contributed by atoms with van der Waals surface area (Å²) < 4.78 is 0. The average Bonchev–Trinajstić information content (AvgIpc) is 2.50. The summed E-state index contributed by atoms with van der Waals surface area (Å²) in [5.41, 5.74) is 2.88. The number of aryl methyl sites for hydroxylation is 1. The van der Waals surface area contributed by atoms with Crippen molar-refractivity contribution in [2.45, 2.75) is 65.1 Å². The SMILES string of the molecule is CCNC1CCC(CC)CC1N(C)Cc1ccccc1C. The van der Waals surface area contributed by atoms with Crippen molar-refractivity contribution in [1.82, 2.24) is 10.2 Å². The molecule has 0 saturated heterocycles. The first kappa shape index (κ1) is 16.5. The third kappa shape index (κ3) is 4.31. The summed E-state index contributed by atoms with van der Waals surface area (Å²) >= 11 is 0. The second kappa shape index (κ2) is 7.95. The minimum Gasteiger partial charge on any atom is -0.313 e. The number of rotatable bonds is 6. The van der Waals surface area contributed by atoms with Gasteiger partial charge in [0.05, 0.1) is 0 Å². The Hall–Kier alpha value is -0.860. The Kier molecular flexibility index (Phi) is 6.25. The predicted octanol–water partition coefficient (Wildman–Crippen LogP) is 3.98. The maximum atomic E-state index is 3.72. The Bertz CT molecular complexity index is 429. The van der Waals surface area contributed by atoms with Crippen LogP contribution in [0.4, 0.5) is 0 Å². The summed E-state index contributed by atoms with van der Waals surface area (Å²) in [6.45, 7) is 8.94. The number of nitrogens with zero attached hydrogens (tertiary/aromatic N) is 1. The molecule has 1 fully saturated rings. The maximum absolute atomic E-state index is 3.72. The third-order valence-corrected chi connectivity index (χ3v) is 5.22. The molecule has 0 heterocycles. The molecule has 1 aromatic carbocycles. The molecule has 1 saturated carbocycles. The third-order valence-electron chi connectivity index (χ3n) is 5.22. The van der Waals surface area contributed by atoms with Crippen molar-refractivity contribution in [3.05, 3.63) is 35.4 Å². The molecule has 0 aliphatic heterocycles. The Morgan fingerprint density at radius 3 is 2.62 bits per heavy atom. The van der Waals surface area contributed by atoms with Gasteiger partial charge >= 0.3 is 0 Å². The fourth-order valence-electron chi connectivity index (χ4n) is 3.76. The molecule has 1 aliphatic rings. The molecule has 0 bridgehead atoms. The average molecular weight is 288 g/mol. The summed E-state index contributed by atoms with van der Waals surface area (Å²) in [5.74, 6) is 0.907. The van der Waals surface area contributed by atoms with Crippen molar-refractivity contribution in [3.8, 4) is 0 Å². The fraction of sp³-hybridized carbons (Fsp3) is 0.684. The number of benzene rings is 1. The molecule has 3 unspecified atom stereocenters. The lowest BCUT2D eigenvalue weighted by Crippen LogP contribution is -2.51. The standard InChI is InChI=1S/C19H32N2/c1-5-16-11-12-18(20-6-2)19(13-16)21(4)14-17-10-8-7-9-15(17)3/h7-10,16,18-20H,5-6,11-14H2,1-4H3. The Balaban J connectivity index is 2.06. The highest BCUT2D eigenvalue weighted by Crippen LogP contribution is 2.30. The normalized spacial score (nSPS) is 26.2. The van der Waals surface area contributed by atoms with E-state index in [0.717, 1.165) is 19.0 Å². The van der Waals surface area contributed by atoms with Crippen LogP contribution in [0.5, 0.6) is 0 Å². The molecule has 0 radical (unpaired) electrons. The van der Waals surface area contributed by atoms with Gasteiger partial charge in [0.15, 0.2) is 0 Å². The van der Waals surface area contributed by atoms with Gasteiger partial charge < -0.3 is 5.32 Å². The van der Waals surface area contributed by atoms with Crippen molar-refractivity contribution in [1.29, 1.82) is 0 Å². The van der Waals surface area contributed by atoms with Gasteiger partial charge in [-0.15, -0.1) is 0 Å². The van der Waals surface area contributed by atoms with Gasteiger partial charge in [0.1, 0.15) is 0 Å². The molecule has 2 heteroatoms. The van der Waals surface area contributed by atoms with E-state index in [1.165, 1.54) is 36.8 Å². The van der Waals surface area contributed by atoms with E-state index in [-0.39, 0.29) is 0 Å². The van der Waals surface area contributed by atoms with Gasteiger partial charge in [0.25, 0.3) is 0 Å². The fourth-order valence-corrected chi connectivity index (χ4v) is 3.76. The molecule has 118 valence electrons. The van der Waals surface area contributed by atoms with E-state index in [4.69, 9.17) is 0 Å². The largest absolute Gasteiger partial charge is 0.313 e. The van der Waals surface area contributed by atoms with Crippen molar-refractivity contribution in [2.24, 2.45) is 5.92 Å². The van der Waals surface area contributed by atoms with E-state index in [9.17, 15) is 0 Å². The molecular formula is C19H32N2. The minimum absolute atomic E-state index is 0.659. The zero-order valence-corrected chi connectivity index (χ0v) is 14.2. The number of nitrogens with one attached hydrogen (secondary N) is 1. The Morgan fingerprint density at radius 1 is 1.19 bits per heavy atom. The van der Waals surface area contributed by atoms with Crippen LogP contribution in [-0.4, -0.2) is 30.6 Å². The van der Waals surface area contributed by atoms with Crippen molar-refractivity contribution < 1.29 is 0 Å². The number of hydrogen-bond donors (Lipinski definition) is 1. The topological polar surface area (TPSA) is 15.3 Å². The first-order valence-corrected chi connectivity index (χ1v) is 8.63. The van der Waals surface area contributed by atoms with Crippen LogP contribution >= 0.6 is 0 Å². The Labute approximate surface area is 130 Å². The van der Waals surface area contributed by atoms with Crippen molar-refractivity contribution in [3.63, 3.8) is 0 Å². The summed E-state index contributed by atoms with van der Waals surface area (Å²) in [4.78, 5) is 2.58. The van der Waals surface area contributed by atoms with E-state index in [1.54, 1.807) is 0 Å². The van der Waals surface area contributed by atoms with Crippen LogP contribution in [0, 0.1) is 12.8 Å². The van der Waals surface area contributed by atoms with Crippen LogP contribution in [0.2, 0.25) is 0 Å². The van der Waals surface area contributed by atoms with Gasteiger partial charge in [-0.2, -0.15) is 0 Å². The van der Waals surface area contributed by atoms with E-state index in [1.807, 2.05) is 0 Å². The first-order chi connectivity index (χ1) is 10.2. The summed E-state index contributed by atoms with van der Waals surface area (Å²) in [7, 11) is 2.31. The zero-order valence-electron chi connectivity index (χ0n) is 14.2. The molecule has 1 aliphatic carbocycles. The van der Waals surface area contributed by atoms with E-state index in [2.05, 4.69) is 62.3 Å². The molecule has 3 atom stereocenters. The number of hydrogen-bond acceptors (Lipinski definition) is 2. The highest BCUT2D eigenvalue weighted by atomic mass is 15.2. The molecule has 0 aromatic heterocycles. The lowest BCUT2D eigenvalue weighted by atomic mass is 9.80. The second-order valence-corrected chi connectivity index (χ2v) is 6.66. The monoisotopic (exact) mass is 288 g/mol. The molecular weight excluding hydrogens is 256 g/mol. The highest BCUT2D eigenvalue weighted by Gasteiger charge is 2.31. The van der Waals surface area contributed by atoms with Crippen LogP contribution in [0.1, 0.15) is 50.7 Å². The van der Waals surface area contributed by atoms with Crippen molar-refractivity contribution in [2.75, 3.05) is 13.6 Å². The Morgan fingerprint density at radius 2 is 1.95 bits per heavy atom. The molecule has 2 nitrogen and oxygen atoms in total. The molecule has 0 spiro atoms. The van der Waals surface area contributed by atoms with E-state index >= 15 is 0 Å². The van der Waals surface area contributed by atoms with Gasteiger partial charge in [-0.05, 0) is 56.8 Å². The van der Waals surface area contributed by atoms with Crippen LogP contribution < -0.4 is 5.32 Å². The lowest BCUT2D eigenvalue weighted by molar-refractivity contribution is 0.113. The lowest BCUT2D eigenvalue weighted by Gasteiger charge is -2.41. The van der Waals surface area contributed by atoms with E-state index in [0.29, 0.717) is 12.1 Å². The predicted molar refractivity (Wildman–Crippen MR) is 91.5 cm³/mol. The van der Waals surface area contributed by atoms with Gasteiger partial charge in [0, 0.05) is 18.6 Å². The van der Waals surface area contributed by atoms with Crippen molar-refractivity contribution >= 4 is 0 Å². The van der Waals surface area contributed by atoms with Crippen LogP contribution in [-0.2, 0) is 6.54 Å². The second-order valence-electron chi connectivity index (χ2n) is 6.66. The maximum Gasteiger partial charge on any atom is 0.0252 e. The number of likely N-dealkylation sites (N-methyl/N-ethyl adjacent to an activating group) is 2. The zero-order chi connectivity index (χ0) is 15.2. The van der Waals surface area contributed by atoms with E-state index < -0.39 is 0 Å². The van der Waals surface area contributed by atoms with Crippen LogP contribution in [0.25, 0.3) is 0 Å².